The molecule has 1 aromatic heterocycles. The molecule has 0 amide bonds. The van der Waals surface area contributed by atoms with Gasteiger partial charge in [-0.1, -0.05) is 12.1 Å². The summed E-state index contributed by atoms with van der Waals surface area (Å²) in [6.07, 6.45) is 1.37. The lowest BCUT2D eigenvalue weighted by Gasteiger charge is -2.07. The van der Waals surface area contributed by atoms with Gasteiger partial charge in [-0.3, -0.25) is 13.9 Å². The van der Waals surface area contributed by atoms with Crippen molar-refractivity contribution < 1.29 is 8.76 Å². The van der Waals surface area contributed by atoms with Gasteiger partial charge in [0, 0.05) is 11.3 Å². The lowest BCUT2D eigenvalue weighted by atomic mass is 10.3. The fraction of sp³-hybridized carbons (Fsp3) is 0. The third kappa shape index (κ3) is 1.86. The lowest BCUT2D eigenvalue weighted by Crippen LogP contribution is -2.04. The zero-order chi connectivity index (χ0) is 9.97. The molecule has 0 bridgehead atoms. The molecule has 72 valence electrons. The number of benzene rings is 1. The van der Waals surface area contributed by atoms with Crippen molar-refractivity contribution >= 4 is 28.1 Å². The third-order valence-corrected chi connectivity index (χ3v) is 2.01. The maximum atomic E-state index is 10.3. The lowest BCUT2D eigenvalue weighted by molar-refractivity contribution is 0.542. The van der Waals surface area contributed by atoms with Crippen LogP contribution in [-0.4, -0.2) is 18.7 Å². The molecule has 2 aromatic rings. The van der Waals surface area contributed by atoms with Gasteiger partial charge in [-0.25, -0.2) is 4.98 Å². The minimum Gasteiger partial charge on any atom is -0.755 e. The normalized spacial score (nSPS) is 12.6. The summed E-state index contributed by atoms with van der Waals surface area (Å²) in [5.41, 5.74) is 1.39. The van der Waals surface area contributed by atoms with Crippen LogP contribution in [0.2, 0.25) is 0 Å². The average Bonchev–Trinajstić information content (AvgIpc) is 2.17. The Kier molecular flexibility index (Phi) is 2.38. The summed E-state index contributed by atoms with van der Waals surface area (Å²) < 4.78 is 22.8. The minimum absolute atomic E-state index is 0.219. The van der Waals surface area contributed by atoms with Gasteiger partial charge in [-0.15, -0.1) is 0 Å². The van der Waals surface area contributed by atoms with E-state index in [9.17, 15) is 8.76 Å². The van der Waals surface area contributed by atoms with E-state index in [0.717, 1.165) is 5.52 Å². The van der Waals surface area contributed by atoms with Crippen LogP contribution in [0.5, 0.6) is 0 Å². The first kappa shape index (κ1) is 9.04. The Morgan fingerprint density at radius 1 is 1.29 bits per heavy atom. The van der Waals surface area contributed by atoms with Crippen molar-refractivity contribution in [1.29, 1.82) is 0 Å². The molecule has 0 spiro atoms. The van der Waals surface area contributed by atoms with Crippen molar-refractivity contribution in [3.63, 3.8) is 0 Å². The molecule has 1 atom stereocenters. The molecule has 0 radical (unpaired) electrons. The maximum Gasteiger partial charge on any atom is 0.156 e. The van der Waals surface area contributed by atoms with Crippen LogP contribution in [0.25, 0.3) is 11.0 Å². The van der Waals surface area contributed by atoms with E-state index in [1.54, 1.807) is 12.1 Å². The van der Waals surface area contributed by atoms with E-state index in [1.807, 2.05) is 12.1 Å². The van der Waals surface area contributed by atoms with E-state index < -0.39 is 11.3 Å². The van der Waals surface area contributed by atoms with E-state index >= 15 is 0 Å². The van der Waals surface area contributed by atoms with Crippen LogP contribution in [0.3, 0.4) is 0 Å². The van der Waals surface area contributed by atoms with Gasteiger partial charge in [-0.2, -0.15) is 0 Å². The monoisotopic (exact) mass is 208 g/mol. The van der Waals surface area contributed by atoms with Crippen molar-refractivity contribution in [2.45, 2.75) is 0 Å². The zero-order valence-electron chi connectivity index (χ0n) is 7.01. The second-order valence-electron chi connectivity index (χ2n) is 2.58. The second-order valence-corrected chi connectivity index (χ2v) is 3.25. The Balaban J connectivity index is 2.46. The summed E-state index contributed by atoms with van der Waals surface area (Å²) >= 11 is -2.36. The number of anilines is 1. The van der Waals surface area contributed by atoms with E-state index in [2.05, 4.69) is 14.7 Å². The molecule has 2 rings (SSSR count). The summed E-state index contributed by atoms with van der Waals surface area (Å²) in [4.78, 5) is 8.08. The van der Waals surface area contributed by atoms with Crippen LogP contribution in [0.1, 0.15) is 0 Å². The van der Waals surface area contributed by atoms with E-state index in [-0.39, 0.29) is 5.82 Å². The smallest absolute Gasteiger partial charge is 0.156 e. The summed E-state index contributed by atoms with van der Waals surface area (Å²) in [6.45, 7) is 0. The third-order valence-electron chi connectivity index (χ3n) is 1.64. The van der Waals surface area contributed by atoms with Crippen molar-refractivity contribution in [2.24, 2.45) is 0 Å². The number of rotatable bonds is 2. The van der Waals surface area contributed by atoms with Crippen LogP contribution in [0.4, 0.5) is 5.82 Å². The molecule has 14 heavy (non-hydrogen) atoms. The van der Waals surface area contributed by atoms with Crippen LogP contribution < -0.4 is 4.72 Å². The molecule has 0 fully saturated rings. The van der Waals surface area contributed by atoms with Gasteiger partial charge in [0.15, 0.2) is 5.82 Å². The number of para-hydroxylation sites is 2. The molecular formula is C8H6N3O2S-. The summed E-state index contributed by atoms with van der Waals surface area (Å²) in [5, 5.41) is 0. The number of fused-ring (bicyclic) bond motifs is 1. The van der Waals surface area contributed by atoms with Crippen molar-refractivity contribution in [3.8, 4) is 0 Å². The summed E-state index contributed by atoms with van der Waals surface area (Å²) in [5.74, 6) is 0.219. The second kappa shape index (κ2) is 3.69. The molecule has 6 heteroatoms. The molecule has 1 unspecified atom stereocenters. The molecule has 0 aliphatic heterocycles. The van der Waals surface area contributed by atoms with Gasteiger partial charge in [0.25, 0.3) is 0 Å². The molecule has 0 saturated carbocycles. The molecule has 0 aliphatic rings. The van der Waals surface area contributed by atoms with Crippen LogP contribution in [0.15, 0.2) is 30.5 Å². The molecule has 0 saturated heterocycles. The quantitative estimate of drug-likeness (QED) is 0.741. The zero-order valence-corrected chi connectivity index (χ0v) is 7.82. The highest BCUT2D eigenvalue weighted by Crippen LogP contribution is 2.10. The maximum absolute atomic E-state index is 10.3. The van der Waals surface area contributed by atoms with Gasteiger partial charge in [0.2, 0.25) is 0 Å². The van der Waals surface area contributed by atoms with Gasteiger partial charge in [0.1, 0.15) is 0 Å². The summed E-state index contributed by atoms with van der Waals surface area (Å²) in [6, 6.07) is 7.23. The Morgan fingerprint density at radius 2 is 2.00 bits per heavy atom. The number of hydrogen-bond acceptors (Lipinski definition) is 4. The van der Waals surface area contributed by atoms with Crippen LogP contribution in [0, 0.1) is 0 Å². The SMILES string of the molecule is O=S([O-])Nc1cnc2ccccc2n1. The van der Waals surface area contributed by atoms with Gasteiger partial charge < -0.3 is 4.55 Å². The van der Waals surface area contributed by atoms with Gasteiger partial charge >= 0.3 is 0 Å². The first-order chi connectivity index (χ1) is 6.75. The molecule has 1 N–H and O–H groups in total. The first-order valence-corrected chi connectivity index (χ1v) is 4.91. The predicted octanol–water partition coefficient (Wildman–Crippen LogP) is 0.836. The van der Waals surface area contributed by atoms with Crippen LogP contribution >= 0.6 is 0 Å². The summed E-state index contributed by atoms with van der Waals surface area (Å²) in [7, 11) is 0. The Hall–Kier alpha value is -1.53. The fourth-order valence-electron chi connectivity index (χ4n) is 1.09. The Morgan fingerprint density at radius 3 is 2.71 bits per heavy atom. The first-order valence-electron chi connectivity index (χ1n) is 3.83. The molecular weight excluding hydrogens is 202 g/mol. The Bertz CT molecular complexity index is 489. The highest BCUT2D eigenvalue weighted by atomic mass is 32.2. The highest BCUT2D eigenvalue weighted by molar-refractivity contribution is 7.80. The van der Waals surface area contributed by atoms with Gasteiger partial charge in [-0.05, 0) is 12.1 Å². The number of aromatic nitrogens is 2. The fourth-order valence-corrected chi connectivity index (χ4v) is 1.36. The highest BCUT2D eigenvalue weighted by Gasteiger charge is 1.97. The predicted molar refractivity (Wildman–Crippen MR) is 52.1 cm³/mol. The molecule has 1 heterocycles. The molecule has 0 aliphatic carbocycles. The largest absolute Gasteiger partial charge is 0.755 e. The van der Waals surface area contributed by atoms with Crippen molar-refractivity contribution in [2.75, 3.05) is 4.72 Å². The average molecular weight is 208 g/mol. The number of hydrogen-bond donors (Lipinski definition) is 1. The molecule has 5 nitrogen and oxygen atoms in total. The van der Waals surface area contributed by atoms with Crippen LogP contribution in [-0.2, 0) is 11.3 Å². The standard InChI is InChI=1S/C8H7N3O2S/c12-14(13)11-8-5-9-6-3-1-2-4-7(6)10-8/h1-5H,(H,10,11)(H,12,13)/p-1. The number of nitrogens with zero attached hydrogens (tertiary/aromatic N) is 2. The minimum atomic E-state index is -2.36. The van der Waals surface area contributed by atoms with Gasteiger partial charge in [0.05, 0.1) is 17.2 Å². The number of nitrogens with one attached hydrogen (secondary N) is 1. The Labute approximate surface area is 82.6 Å². The van der Waals surface area contributed by atoms with Crippen molar-refractivity contribution in [1.82, 2.24) is 9.97 Å². The topological polar surface area (TPSA) is 77.9 Å². The van der Waals surface area contributed by atoms with E-state index in [4.69, 9.17) is 0 Å². The molecule has 1 aromatic carbocycles. The van der Waals surface area contributed by atoms with E-state index in [0.29, 0.717) is 5.52 Å². The van der Waals surface area contributed by atoms with Crippen molar-refractivity contribution in [3.05, 3.63) is 30.5 Å². The van der Waals surface area contributed by atoms with E-state index in [1.165, 1.54) is 6.20 Å².